The molecule has 0 spiro atoms. The Hall–Kier alpha value is -3.04. The lowest BCUT2D eigenvalue weighted by Crippen LogP contribution is -2.44. The molecular formula is C21H23N5O3S. The van der Waals surface area contributed by atoms with Crippen molar-refractivity contribution in [3.63, 3.8) is 0 Å². The number of anilines is 2. The number of aromatic nitrogens is 3. The van der Waals surface area contributed by atoms with Crippen LogP contribution >= 0.6 is 11.3 Å². The first-order chi connectivity index (χ1) is 14.7. The summed E-state index contributed by atoms with van der Waals surface area (Å²) < 4.78 is 11.5. The van der Waals surface area contributed by atoms with Gasteiger partial charge in [0.2, 0.25) is 5.13 Å². The minimum absolute atomic E-state index is 0.00255. The van der Waals surface area contributed by atoms with E-state index in [2.05, 4.69) is 20.5 Å². The Balaban J connectivity index is 1.37. The molecule has 3 aromatic rings. The van der Waals surface area contributed by atoms with Gasteiger partial charge in [0.1, 0.15) is 22.7 Å². The quantitative estimate of drug-likeness (QED) is 0.622. The molecule has 1 saturated heterocycles. The van der Waals surface area contributed by atoms with Crippen LogP contribution in [0.15, 0.2) is 48.5 Å². The molecular weight excluding hydrogens is 402 g/mol. The van der Waals surface area contributed by atoms with Crippen LogP contribution in [-0.2, 0) is 16.0 Å². The Bertz CT molecular complexity index is 982. The number of para-hydroxylation sites is 1. The monoisotopic (exact) mass is 425 g/mol. The maximum atomic E-state index is 12.6. The zero-order chi connectivity index (χ0) is 20.8. The molecule has 1 aliphatic rings. The van der Waals surface area contributed by atoms with Crippen molar-refractivity contribution in [2.24, 2.45) is 0 Å². The largest absolute Gasteiger partial charge is 0.484 e. The second-order valence-electron chi connectivity index (χ2n) is 6.73. The lowest BCUT2D eigenvalue weighted by Gasteiger charge is -2.32. The fraction of sp³-hybridized carbons (Fsp3) is 0.333. The van der Waals surface area contributed by atoms with Crippen LogP contribution < -0.4 is 10.1 Å². The third-order valence-corrected chi connectivity index (χ3v) is 5.61. The molecule has 1 aliphatic heterocycles. The number of carbonyl (C=O) groups is 1. The van der Waals surface area contributed by atoms with Crippen LogP contribution in [0.5, 0.6) is 5.75 Å². The Kier molecular flexibility index (Phi) is 6.50. The van der Waals surface area contributed by atoms with E-state index in [0.717, 1.165) is 17.1 Å². The number of pyridine rings is 1. The average Bonchev–Trinajstić information content (AvgIpc) is 3.26. The van der Waals surface area contributed by atoms with Gasteiger partial charge in [0.25, 0.3) is 5.91 Å². The number of ether oxygens (including phenoxy) is 2. The number of aryl methyl sites for hydroxylation is 1. The van der Waals surface area contributed by atoms with E-state index >= 15 is 0 Å². The minimum Gasteiger partial charge on any atom is -0.484 e. The Labute approximate surface area is 178 Å². The molecule has 9 heteroatoms. The number of morpholine rings is 1. The fourth-order valence-electron chi connectivity index (χ4n) is 3.06. The van der Waals surface area contributed by atoms with Crippen molar-refractivity contribution in [3.05, 3.63) is 59.2 Å². The van der Waals surface area contributed by atoms with E-state index in [-0.39, 0.29) is 18.6 Å². The molecule has 1 N–H and O–H groups in total. The van der Waals surface area contributed by atoms with Crippen molar-refractivity contribution in [1.82, 2.24) is 20.1 Å². The van der Waals surface area contributed by atoms with Gasteiger partial charge in [0, 0.05) is 6.54 Å². The van der Waals surface area contributed by atoms with E-state index in [1.54, 1.807) is 4.90 Å². The highest BCUT2D eigenvalue weighted by molar-refractivity contribution is 7.15. The summed E-state index contributed by atoms with van der Waals surface area (Å²) in [5.41, 5.74) is 0.765. The number of hydrogen-bond acceptors (Lipinski definition) is 8. The molecule has 3 heterocycles. The predicted molar refractivity (Wildman–Crippen MR) is 114 cm³/mol. The topological polar surface area (TPSA) is 89.5 Å². The number of carbonyl (C=O) groups excluding carboxylic acids is 1. The molecule has 0 radical (unpaired) electrons. The van der Waals surface area contributed by atoms with Crippen molar-refractivity contribution in [2.45, 2.75) is 19.4 Å². The first kappa shape index (κ1) is 20.2. The molecule has 1 fully saturated rings. The maximum Gasteiger partial charge on any atom is 0.260 e. The highest BCUT2D eigenvalue weighted by atomic mass is 32.1. The number of benzene rings is 1. The van der Waals surface area contributed by atoms with Gasteiger partial charge in [-0.2, -0.15) is 0 Å². The van der Waals surface area contributed by atoms with Gasteiger partial charge in [-0.1, -0.05) is 42.5 Å². The molecule has 2 aromatic heterocycles. The summed E-state index contributed by atoms with van der Waals surface area (Å²) >= 11 is 1.51. The van der Waals surface area contributed by atoms with Crippen molar-refractivity contribution in [1.29, 1.82) is 0 Å². The van der Waals surface area contributed by atoms with Crippen LogP contribution in [0.4, 0.5) is 10.9 Å². The average molecular weight is 426 g/mol. The Morgan fingerprint density at radius 1 is 1.23 bits per heavy atom. The Morgan fingerprint density at radius 2 is 2.10 bits per heavy atom. The van der Waals surface area contributed by atoms with Crippen LogP contribution in [0.25, 0.3) is 0 Å². The number of hydrogen-bond donors (Lipinski definition) is 1. The second-order valence-corrected chi connectivity index (χ2v) is 7.79. The summed E-state index contributed by atoms with van der Waals surface area (Å²) in [7, 11) is 0. The summed E-state index contributed by atoms with van der Waals surface area (Å²) in [4.78, 5) is 19.0. The van der Waals surface area contributed by atoms with Gasteiger partial charge < -0.3 is 19.7 Å². The van der Waals surface area contributed by atoms with E-state index in [4.69, 9.17) is 9.47 Å². The fourth-order valence-corrected chi connectivity index (χ4v) is 3.75. The lowest BCUT2D eigenvalue weighted by molar-refractivity contribution is -0.141. The highest BCUT2D eigenvalue weighted by Gasteiger charge is 2.26. The summed E-state index contributed by atoms with van der Waals surface area (Å²) in [6.45, 7) is 3.48. The van der Waals surface area contributed by atoms with Crippen LogP contribution in [-0.4, -0.2) is 52.3 Å². The van der Waals surface area contributed by atoms with Crippen LogP contribution in [0, 0.1) is 0 Å². The first-order valence-corrected chi connectivity index (χ1v) is 10.7. The van der Waals surface area contributed by atoms with Crippen LogP contribution in [0.2, 0.25) is 0 Å². The van der Waals surface area contributed by atoms with Crippen molar-refractivity contribution in [2.75, 3.05) is 31.6 Å². The number of amides is 1. The molecule has 156 valence electrons. The second kappa shape index (κ2) is 9.64. The van der Waals surface area contributed by atoms with Crippen molar-refractivity contribution in [3.8, 4) is 5.75 Å². The third kappa shape index (κ3) is 5.11. The van der Waals surface area contributed by atoms with Crippen molar-refractivity contribution < 1.29 is 14.3 Å². The smallest absolute Gasteiger partial charge is 0.260 e. The third-order valence-electron chi connectivity index (χ3n) is 4.63. The molecule has 8 nitrogen and oxygen atoms in total. The molecule has 0 aliphatic carbocycles. The van der Waals surface area contributed by atoms with Crippen molar-refractivity contribution >= 4 is 28.2 Å². The molecule has 0 bridgehead atoms. The van der Waals surface area contributed by atoms with Gasteiger partial charge in [-0.15, -0.1) is 10.2 Å². The molecule has 30 heavy (non-hydrogen) atoms. The molecule has 1 aromatic carbocycles. The van der Waals surface area contributed by atoms with E-state index in [1.165, 1.54) is 11.3 Å². The number of nitrogens with one attached hydrogen (secondary N) is 1. The Morgan fingerprint density at radius 3 is 2.90 bits per heavy atom. The highest BCUT2D eigenvalue weighted by Crippen LogP contribution is 2.24. The standard InChI is InChI=1S/C21H23N5O3S/c1-2-19-24-25-21(30-19)23-18-10-6-9-16(22-18)17-13-26(11-12-28-17)20(27)14-29-15-7-4-3-5-8-15/h3-10,17H,2,11-14H2,1H3,(H,22,23,25). The van der Waals surface area contributed by atoms with Gasteiger partial charge in [-0.3, -0.25) is 4.79 Å². The normalized spacial score (nSPS) is 16.3. The van der Waals surface area contributed by atoms with E-state index in [1.807, 2.05) is 55.5 Å². The van der Waals surface area contributed by atoms with Crippen LogP contribution in [0.3, 0.4) is 0 Å². The number of rotatable bonds is 7. The summed E-state index contributed by atoms with van der Waals surface area (Å²) in [6.07, 6.45) is 0.558. The van der Waals surface area contributed by atoms with Gasteiger partial charge in [0.15, 0.2) is 6.61 Å². The molecule has 1 unspecified atom stereocenters. The van der Waals surface area contributed by atoms with E-state index in [9.17, 15) is 4.79 Å². The van der Waals surface area contributed by atoms with Crippen LogP contribution in [0.1, 0.15) is 23.7 Å². The minimum atomic E-state index is -0.290. The zero-order valence-electron chi connectivity index (χ0n) is 16.7. The zero-order valence-corrected chi connectivity index (χ0v) is 17.5. The summed E-state index contributed by atoms with van der Waals surface area (Å²) in [6, 6.07) is 15.0. The molecule has 0 saturated carbocycles. The first-order valence-electron chi connectivity index (χ1n) is 9.85. The lowest BCUT2D eigenvalue weighted by atomic mass is 10.2. The van der Waals surface area contributed by atoms with E-state index in [0.29, 0.717) is 36.4 Å². The number of nitrogens with zero attached hydrogens (tertiary/aromatic N) is 4. The van der Waals surface area contributed by atoms with E-state index < -0.39 is 0 Å². The maximum absolute atomic E-state index is 12.6. The SMILES string of the molecule is CCc1nnc(Nc2cccc(C3CN(C(=O)COc4ccccc4)CCO3)n2)s1. The summed E-state index contributed by atoms with van der Waals surface area (Å²) in [5, 5.41) is 13.1. The van der Waals surface area contributed by atoms with Gasteiger partial charge >= 0.3 is 0 Å². The summed E-state index contributed by atoms with van der Waals surface area (Å²) in [5.74, 6) is 1.28. The van der Waals surface area contributed by atoms with Gasteiger partial charge in [0.05, 0.1) is 18.8 Å². The van der Waals surface area contributed by atoms with Gasteiger partial charge in [-0.05, 0) is 30.7 Å². The molecule has 1 atom stereocenters. The molecule has 1 amide bonds. The molecule has 4 rings (SSSR count). The van der Waals surface area contributed by atoms with Gasteiger partial charge in [-0.25, -0.2) is 4.98 Å². The predicted octanol–water partition coefficient (Wildman–Crippen LogP) is 3.22.